The molecule has 2 heterocycles. The Kier molecular flexibility index (Phi) is 3.78. The Morgan fingerprint density at radius 3 is 2.71 bits per heavy atom. The summed E-state index contributed by atoms with van der Waals surface area (Å²) < 4.78 is 31.9. The van der Waals surface area contributed by atoms with Crippen molar-refractivity contribution in [3.05, 3.63) is 0 Å². The average Bonchev–Trinajstić information content (AvgIpc) is 3.16. The first kappa shape index (κ1) is 16.5. The van der Waals surface area contributed by atoms with E-state index in [9.17, 15) is 13.2 Å². The summed E-state index contributed by atoms with van der Waals surface area (Å²) in [5.41, 5.74) is -0.740. The summed E-state index contributed by atoms with van der Waals surface area (Å²) in [5, 5.41) is -0.185. The van der Waals surface area contributed by atoms with Gasteiger partial charge in [-0.15, -0.1) is 0 Å². The highest BCUT2D eigenvalue weighted by atomic mass is 32.2. The summed E-state index contributed by atoms with van der Waals surface area (Å²) in [5.74, 6) is 1.04. The summed E-state index contributed by atoms with van der Waals surface area (Å²) in [6.07, 6.45) is 3.17. The molecule has 2 saturated carbocycles. The highest BCUT2D eigenvalue weighted by molar-refractivity contribution is 7.90. The molecule has 4 aliphatic rings. The lowest BCUT2D eigenvalue weighted by Crippen LogP contribution is -2.47. The van der Waals surface area contributed by atoms with Gasteiger partial charge in [0.15, 0.2) is 0 Å². The molecule has 0 radical (unpaired) electrons. The molecule has 8 heteroatoms. The number of amides is 1. The maximum absolute atomic E-state index is 13.1. The second-order valence-electron chi connectivity index (χ2n) is 7.50. The van der Waals surface area contributed by atoms with Gasteiger partial charge < -0.3 is 4.74 Å². The zero-order chi connectivity index (χ0) is 17.1. The molecule has 0 aromatic rings. The summed E-state index contributed by atoms with van der Waals surface area (Å²) in [6, 6.07) is 0. The SMILES string of the molecule is COCCN1C(=O)[C@]2(CC[C@@H]3CN(S(=O)(=O)C4CC4)C[C@@H]32)N=C1C. The molecule has 0 bridgehead atoms. The van der Waals surface area contributed by atoms with E-state index >= 15 is 0 Å². The smallest absolute Gasteiger partial charge is 0.256 e. The first-order valence-electron chi connectivity index (χ1n) is 8.76. The van der Waals surface area contributed by atoms with Gasteiger partial charge in [0.1, 0.15) is 11.4 Å². The number of nitrogens with zero attached hydrogens (tertiary/aromatic N) is 3. The van der Waals surface area contributed by atoms with Gasteiger partial charge in [-0.05, 0) is 38.5 Å². The Balaban J connectivity index is 1.57. The Morgan fingerprint density at radius 2 is 2.04 bits per heavy atom. The van der Waals surface area contributed by atoms with Crippen LogP contribution in [0.1, 0.15) is 32.6 Å². The van der Waals surface area contributed by atoms with Gasteiger partial charge in [0.25, 0.3) is 5.91 Å². The molecular formula is C16H25N3O4S. The fraction of sp³-hybridized carbons (Fsp3) is 0.875. The van der Waals surface area contributed by atoms with Crippen molar-refractivity contribution >= 4 is 21.8 Å². The average molecular weight is 355 g/mol. The number of hydrogen-bond donors (Lipinski definition) is 0. The van der Waals surface area contributed by atoms with Crippen molar-refractivity contribution in [1.29, 1.82) is 0 Å². The first-order valence-corrected chi connectivity index (χ1v) is 10.3. The Morgan fingerprint density at radius 1 is 1.29 bits per heavy atom. The van der Waals surface area contributed by atoms with E-state index in [2.05, 4.69) is 0 Å². The Hall–Kier alpha value is -0.990. The minimum atomic E-state index is -3.17. The van der Waals surface area contributed by atoms with Crippen LogP contribution < -0.4 is 0 Å². The van der Waals surface area contributed by atoms with Crippen molar-refractivity contribution in [3.63, 3.8) is 0 Å². The number of sulfonamides is 1. The normalized spacial score (nSPS) is 36.7. The zero-order valence-corrected chi connectivity index (χ0v) is 15.1. The third kappa shape index (κ3) is 2.26. The van der Waals surface area contributed by atoms with Gasteiger partial charge in [-0.1, -0.05) is 0 Å². The van der Waals surface area contributed by atoms with Crippen molar-refractivity contribution in [3.8, 4) is 0 Å². The highest BCUT2D eigenvalue weighted by Crippen LogP contribution is 2.51. The van der Waals surface area contributed by atoms with Gasteiger partial charge in [-0.3, -0.25) is 14.7 Å². The molecular weight excluding hydrogens is 330 g/mol. The third-order valence-electron chi connectivity index (χ3n) is 6.11. The summed E-state index contributed by atoms with van der Waals surface area (Å²) in [7, 11) is -1.56. The van der Waals surface area contributed by atoms with Crippen molar-refractivity contribution in [2.45, 2.75) is 43.4 Å². The van der Waals surface area contributed by atoms with E-state index < -0.39 is 15.6 Å². The Labute approximate surface area is 143 Å². The van der Waals surface area contributed by atoms with Crippen LogP contribution in [0.15, 0.2) is 4.99 Å². The Bertz CT molecular complexity index is 687. The summed E-state index contributed by atoms with van der Waals surface area (Å²) in [6.45, 7) is 3.86. The predicted molar refractivity (Wildman–Crippen MR) is 89.2 cm³/mol. The van der Waals surface area contributed by atoms with Crippen LogP contribution in [0.3, 0.4) is 0 Å². The molecule has 7 nitrogen and oxygen atoms in total. The number of ether oxygens (including phenoxy) is 1. The van der Waals surface area contributed by atoms with Gasteiger partial charge in [-0.2, -0.15) is 0 Å². The van der Waals surface area contributed by atoms with Crippen LogP contribution in [0.4, 0.5) is 0 Å². The third-order valence-corrected chi connectivity index (χ3v) is 8.44. The van der Waals surface area contributed by atoms with E-state index in [1.54, 1.807) is 16.3 Å². The standard InChI is InChI=1S/C16H25N3O4S/c1-11-17-16(15(20)19(11)7-8-23-2)6-5-12-9-18(10-14(12)16)24(21,22)13-3-4-13/h12-14H,3-10H2,1-2H3/t12-,14+,16-/m1/s1. The van der Waals surface area contributed by atoms with Crippen LogP contribution in [0.5, 0.6) is 0 Å². The second-order valence-corrected chi connectivity index (χ2v) is 9.71. The molecule has 0 aromatic carbocycles. The maximum atomic E-state index is 13.1. The molecule has 2 aliphatic heterocycles. The van der Waals surface area contributed by atoms with Crippen LogP contribution in [-0.4, -0.2) is 73.5 Å². The molecule has 1 spiro atoms. The van der Waals surface area contributed by atoms with Crippen molar-refractivity contribution in [1.82, 2.24) is 9.21 Å². The minimum Gasteiger partial charge on any atom is -0.383 e. The van der Waals surface area contributed by atoms with Crippen LogP contribution in [0.25, 0.3) is 0 Å². The van der Waals surface area contributed by atoms with Crippen molar-refractivity contribution in [2.24, 2.45) is 16.8 Å². The molecule has 24 heavy (non-hydrogen) atoms. The summed E-state index contributed by atoms with van der Waals surface area (Å²) >= 11 is 0. The largest absolute Gasteiger partial charge is 0.383 e. The predicted octanol–water partition coefficient (Wildman–Crippen LogP) is 0.466. The fourth-order valence-electron chi connectivity index (χ4n) is 4.67. The lowest BCUT2D eigenvalue weighted by atomic mass is 9.85. The molecule has 0 aromatic heterocycles. The summed E-state index contributed by atoms with van der Waals surface area (Å²) in [4.78, 5) is 19.6. The highest BCUT2D eigenvalue weighted by Gasteiger charge is 2.62. The molecule has 3 atom stereocenters. The van der Waals surface area contributed by atoms with E-state index in [1.807, 2.05) is 6.92 Å². The van der Waals surface area contributed by atoms with Crippen LogP contribution >= 0.6 is 0 Å². The van der Waals surface area contributed by atoms with Gasteiger partial charge in [0.05, 0.1) is 18.4 Å². The van der Waals surface area contributed by atoms with Gasteiger partial charge in [0, 0.05) is 26.1 Å². The molecule has 2 aliphatic carbocycles. The fourth-order valence-corrected chi connectivity index (χ4v) is 6.59. The minimum absolute atomic E-state index is 0.0148. The van der Waals surface area contributed by atoms with Crippen LogP contribution in [-0.2, 0) is 19.6 Å². The number of rotatable bonds is 5. The van der Waals surface area contributed by atoms with E-state index in [0.717, 1.165) is 31.5 Å². The van der Waals surface area contributed by atoms with Gasteiger partial charge >= 0.3 is 0 Å². The number of methoxy groups -OCH3 is 1. The number of carbonyl (C=O) groups is 1. The van der Waals surface area contributed by atoms with E-state index in [-0.39, 0.29) is 23.0 Å². The van der Waals surface area contributed by atoms with Crippen molar-refractivity contribution in [2.75, 3.05) is 33.4 Å². The number of amidine groups is 1. The van der Waals surface area contributed by atoms with Gasteiger partial charge in [0.2, 0.25) is 10.0 Å². The monoisotopic (exact) mass is 355 g/mol. The molecule has 0 unspecified atom stereocenters. The number of carbonyl (C=O) groups excluding carboxylic acids is 1. The number of hydrogen-bond acceptors (Lipinski definition) is 5. The number of aliphatic imine (C=N–C) groups is 1. The molecule has 4 rings (SSSR count). The first-order chi connectivity index (χ1) is 11.4. The van der Waals surface area contributed by atoms with E-state index in [1.165, 1.54) is 0 Å². The molecule has 1 saturated heterocycles. The second kappa shape index (κ2) is 5.51. The van der Waals surface area contributed by atoms with Gasteiger partial charge in [-0.25, -0.2) is 12.7 Å². The molecule has 3 fully saturated rings. The number of fused-ring (bicyclic) bond motifs is 2. The lowest BCUT2D eigenvalue weighted by molar-refractivity contribution is -0.132. The quantitative estimate of drug-likeness (QED) is 0.718. The van der Waals surface area contributed by atoms with Crippen molar-refractivity contribution < 1.29 is 17.9 Å². The molecule has 134 valence electrons. The van der Waals surface area contributed by atoms with Crippen LogP contribution in [0.2, 0.25) is 0 Å². The van der Waals surface area contributed by atoms with E-state index in [0.29, 0.717) is 26.2 Å². The van der Waals surface area contributed by atoms with Crippen LogP contribution in [0, 0.1) is 11.8 Å². The maximum Gasteiger partial charge on any atom is 0.256 e. The molecule has 1 amide bonds. The zero-order valence-electron chi connectivity index (χ0n) is 14.3. The molecule has 0 N–H and O–H groups in total. The lowest BCUT2D eigenvalue weighted by Gasteiger charge is -2.28. The topological polar surface area (TPSA) is 79.3 Å². The van der Waals surface area contributed by atoms with E-state index in [4.69, 9.17) is 9.73 Å².